The largest absolute Gasteiger partial charge is 0.370 e. The number of rotatable bonds is 5. The first kappa shape index (κ1) is 13.9. The fourth-order valence-corrected chi connectivity index (χ4v) is 3.18. The molecule has 1 atom stereocenters. The maximum Gasteiger partial charge on any atom is 0.0366 e. The van der Waals surface area contributed by atoms with Crippen molar-refractivity contribution in [2.45, 2.75) is 31.6 Å². The Balaban J connectivity index is 1.99. The summed E-state index contributed by atoms with van der Waals surface area (Å²) in [5.74, 6) is 0. The molecule has 3 heteroatoms. The van der Waals surface area contributed by atoms with Gasteiger partial charge in [0.15, 0.2) is 0 Å². The molecule has 0 aliphatic carbocycles. The highest BCUT2D eigenvalue weighted by molar-refractivity contribution is 9.08. The Morgan fingerprint density at radius 3 is 2.44 bits per heavy atom. The molecule has 0 amide bonds. The Morgan fingerprint density at radius 1 is 1.22 bits per heavy atom. The smallest absolute Gasteiger partial charge is 0.0366 e. The van der Waals surface area contributed by atoms with Gasteiger partial charge in [-0.3, -0.25) is 4.90 Å². The van der Waals surface area contributed by atoms with Gasteiger partial charge in [-0.05, 0) is 37.2 Å². The number of halogens is 1. The topological polar surface area (TPSA) is 6.48 Å². The van der Waals surface area contributed by atoms with Crippen molar-refractivity contribution in [2.75, 3.05) is 31.1 Å². The predicted octanol–water partition coefficient (Wildman–Crippen LogP) is 3.50. The normalized spacial score (nSPS) is 19.8. The molecule has 1 aromatic rings. The van der Waals surface area contributed by atoms with Gasteiger partial charge in [0, 0.05) is 30.1 Å². The van der Waals surface area contributed by atoms with E-state index in [2.05, 4.69) is 63.8 Å². The molecule has 18 heavy (non-hydrogen) atoms. The van der Waals surface area contributed by atoms with Gasteiger partial charge in [0.25, 0.3) is 0 Å². The molecule has 1 saturated heterocycles. The van der Waals surface area contributed by atoms with Crippen molar-refractivity contribution in [3.63, 3.8) is 0 Å². The van der Waals surface area contributed by atoms with E-state index in [0.29, 0.717) is 0 Å². The molecular weight excluding hydrogens is 288 g/mol. The van der Waals surface area contributed by atoms with Crippen LogP contribution in [0.25, 0.3) is 0 Å². The summed E-state index contributed by atoms with van der Waals surface area (Å²) in [5, 5.41) is 0.940. The maximum atomic E-state index is 3.49. The standard InChI is InChI=1S/C15H23BrN2/c1-3-17(4-2)15-9-10-18(12-15)14-7-5-13(11-16)6-8-14/h5-8,15H,3-4,9-12H2,1-2H3. The average molecular weight is 311 g/mol. The summed E-state index contributed by atoms with van der Waals surface area (Å²) in [4.78, 5) is 5.09. The summed E-state index contributed by atoms with van der Waals surface area (Å²) >= 11 is 3.49. The quantitative estimate of drug-likeness (QED) is 0.768. The molecule has 0 saturated carbocycles. The van der Waals surface area contributed by atoms with Crippen LogP contribution in [-0.2, 0) is 5.33 Å². The highest BCUT2D eigenvalue weighted by atomic mass is 79.9. The van der Waals surface area contributed by atoms with Gasteiger partial charge in [-0.1, -0.05) is 41.9 Å². The lowest BCUT2D eigenvalue weighted by molar-refractivity contribution is 0.232. The second-order valence-corrected chi connectivity index (χ2v) is 5.47. The first-order valence-corrected chi connectivity index (χ1v) is 8.04. The van der Waals surface area contributed by atoms with E-state index in [1.165, 1.54) is 30.8 Å². The molecule has 2 nitrogen and oxygen atoms in total. The van der Waals surface area contributed by atoms with E-state index in [-0.39, 0.29) is 0 Å². The molecule has 1 aliphatic rings. The van der Waals surface area contributed by atoms with Gasteiger partial charge in [-0.25, -0.2) is 0 Å². The van der Waals surface area contributed by atoms with Crippen LogP contribution < -0.4 is 4.90 Å². The van der Waals surface area contributed by atoms with Crippen molar-refractivity contribution in [2.24, 2.45) is 0 Å². The van der Waals surface area contributed by atoms with E-state index >= 15 is 0 Å². The van der Waals surface area contributed by atoms with E-state index in [1.54, 1.807) is 0 Å². The number of hydrogen-bond acceptors (Lipinski definition) is 2. The van der Waals surface area contributed by atoms with Crippen molar-refractivity contribution in [3.05, 3.63) is 29.8 Å². The number of nitrogens with zero attached hydrogens (tertiary/aromatic N) is 2. The number of anilines is 1. The van der Waals surface area contributed by atoms with E-state index in [4.69, 9.17) is 0 Å². The monoisotopic (exact) mass is 310 g/mol. The molecule has 1 heterocycles. The SMILES string of the molecule is CCN(CC)C1CCN(c2ccc(CBr)cc2)C1. The minimum atomic E-state index is 0.732. The fourth-order valence-electron chi connectivity index (χ4n) is 2.81. The summed E-state index contributed by atoms with van der Waals surface area (Å²) in [6.07, 6.45) is 1.29. The predicted molar refractivity (Wildman–Crippen MR) is 82.6 cm³/mol. The first-order chi connectivity index (χ1) is 8.78. The average Bonchev–Trinajstić information content (AvgIpc) is 2.90. The zero-order valence-corrected chi connectivity index (χ0v) is 13.0. The summed E-state index contributed by atoms with van der Waals surface area (Å²) < 4.78 is 0. The van der Waals surface area contributed by atoms with E-state index < -0.39 is 0 Å². The van der Waals surface area contributed by atoms with Crippen molar-refractivity contribution in [1.82, 2.24) is 4.90 Å². The highest BCUT2D eigenvalue weighted by Crippen LogP contribution is 2.23. The van der Waals surface area contributed by atoms with Gasteiger partial charge >= 0.3 is 0 Å². The molecule has 0 aromatic heterocycles. The second-order valence-electron chi connectivity index (χ2n) is 4.91. The highest BCUT2D eigenvalue weighted by Gasteiger charge is 2.26. The van der Waals surface area contributed by atoms with Crippen LogP contribution in [0.5, 0.6) is 0 Å². The van der Waals surface area contributed by atoms with E-state index in [1.807, 2.05) is 0 Å². The molecule has 2 rings (SSSR count). The molecule has 0 bridgehead atoms. The lowest BCUT2D eigenvalue weighted by Gasteiger charge is -2.26. The molecular formula is C15H23BrN2. The minimum Gasteiger partial charge on any atom is -0.370 e. The Bertz CT molecular complexity index is 359. The zero-order valence-electron chi connectivity index (χ0n) is 11.4. The van der Waals surface area contributed by atoms with Gasteiger partial charge in [-0.15, -0.1) is 0 Å². The third kappa shape index (κ3) is 3.07. The third-order valence-corrected chi connectivity index (χ3v) is 4.60. The molecule has 1 unspecified atom stereocenters. The summed E-state index contributed by atoms with van der Waals surface area (Å²) in [6, 6.07) is 9.67. The molecule has 1 fully saturated rings. The lowest BCUT2D eigenvalue weighted by Crippen LogP contribution is -2.37. The van der Waals surface area contributed by atoms with Gasteiger partial charge in [-0.2, -0.15) is 0 Å². The van der Waals surface area contributed by atoms with Crippen molar-refractivity contribution in [3.8, 4) is 0 Å². The lowest BCUT2D eigenvalue weighted by atomic mass is 10.2. The number of benzene rings is 1. The molecule has 0 spiro atoms. The van der Waals surface area contributed by atoms with Crippen LogP contribution in [0.4, 0.5) is 5.69 Å². The van der Waals surface area contributed by atoms with E-state index in [0.717, 1.165) is 24.5 Å². The Morgan fingerprint density at radius 2 is 1.89 bits per heavy atom. The number of alkyl halides is 1. The van der Waals surface area contributed by atoms with Crippen LogP contribution in [0.2, 0.25) is 0 Å². The van der Waals surface area contributed by atoms with Crippen LogP contribution in [0, 0.1) is 0 Å². The van der Waals surface area contributed by atoms with E-state index in [9.17, 15) is 0 Å². The van der Waals surface area contributed by atoms with Crippen molar-refractivity contribution < 1.29 is 0 Å². The van der Waals surface area contributed by atoms with Crippen molar-refractivity contribution >= 4 is 21.6 Å². The van der Waals surface area contributed by atoms with Crippen molar-refractivity contribution in [1.29, 1.82) is 0 Å². The zero-order chi connectivity index (χ0) is 13.0. The third-order valence-electron chi connectivity index (χ3n) is 3.95. The van der Waals surface area contributed by atoms with Crippen LogP contribution in [-0.4, -0.2) is 37.1 Å². The molecule has 0 N–H and O–H groups in total. The first-order valence-electron chi connectivity index (χ1n) is 6.92. The molecule has 1 aromatic carbocycles. The minimum absolute atomic E-state index is 0.732. The molecule has 0 radical (unpaired) electrons. The van der Waals surface area contributed by atoms with Crippen LogP contribution in [0.15, 0.2) is 24.3 Å². The maximum absolute atomic E-state index is 3.49. The Labute approximate surface area is 119 Å². The van der Waals surface area contributed by atoms with Gasteiger partial charge in [0.05, 0.1) is 0 Å². The Kier molecular flexibility index (Phi) is 5.07. The van der Waals surface area contributed by atoms with Gasteiger partial charge in [0.2, 0.25) is 0 Å². The summed E-state index contributed by atoms with van der Waals surface area (Å²) in [6.45, 7) is 9.22. The molecule has 1 aliphatic heterocycles. The Hall–Kier alpha value is -0.540. The molecule has 100 valence electrons. The van der Waals surface area contributed by atoms with Crippen LogP contribution in [0.3, 0.4) is 0 Å². The summed E-state index contributed by atoms with van der Waals surface area (Å²) in [5.41, 5.74) is 2.72. The van der Waals surface area contributed by atoms with Crippen LogP contribution in [0.1, 0.15) is 25.8 Å². The number of hydrogen-bond donors (Lipinski definition) is 0. The number of likely N-dealkylation sites (N-methyl/N-ethyl adjacent to an activating group) is 1. The van der Waals surface area contributed by atoms with Gasteiger partial charge in [0.1, 0.15) is 0 Å². The fraction of sp³-hybridized carbons (Fsp3) is 0.600. The van der Waals surface area contributed by atoms with Gasteiger partial charge < -0.3 is 4.90 Å². The van der Waals surface area contributed by atoms with Crippen LogP contribution >= 0.6 is 15.9 Å². The second kappa shape index (κ2) is 6.58. The summed E-state index contributed by atoms with van der Waals surface area (Å²) in [7, 11) is 0.